The lowest BCUT2D eigenvalue weighted by molar-refractivity contribution is 0.0727. The standard InChI is InChI=1S/C26H24ClN3O3S/c1-18-5-2-3-7-23(18)26(32)30(13-19-6-4-10-28-12-19)14-20-11-21(27)8-9-24(20)33-16-25-29-22(15-31)17-34-25/h2-12,17,31H,13-16H2,1H3. The Morgan fingerprint density at radius 3 is 2.74 bits per heavy atom. The second-order valence-corrected chi connectivity index (χ2v) is 9.15. The zero-order valence-electron chi connectivity index (χ0n) is 18.6. The van der Waals surface area contributed by atoms with Gasteiger partial charge in [-0.15, -0.1) is 11.3 Å². The Morgan fingerprint density at radius 1 is 1.15 bits per heavy atom. The number of carbonyl (C=O) groups excluding carboxylic acids is 1. The number of aliphatic hydroxyl groups is 1. The Morgan fingerprint density at radius 2 is 2.00 bits per heavy atom. The summed E-state index contributed by atoms with van der Waals surface area (Å²) in [6.07, 6.45) is 3.47. The number of benzene rings is 2. The van der Waals surface area contributed by atoms with Gasteiger partial charge in [0, 0.05) is 40.5 Å². The number of ether oxygens (including phenoxy) is 1. The molecule has 0 spiro atoms. The summed E-state index contributed by atoms with van der Waals surface area (Å²) in [4.78, 5) is 23.9. The van der Waals surface area contributed by atoms with Gasteiger partial charge < -0.3 is 14.7 Å². The number of pyridine rings is 1. The van der Waals surface area contributed by atoms with Gasteiger partial charge in [0.25, 0.3) is 5.91 Å². The fraction of sp³-hybridized carbons (Fsp3) is 0.192. The summed E-state index contributed by atoms with van der Waals surface area (Å²) in [5.74, 6) is 0.541. The van der Waals surface area contributed by atoms with Crippen LogP contribution in [-0.2, 0) is 26.3 Å². The maximum atomic E-state index is 13.6. The van der Waals surface area contributed by atoms with Gasteiger partial charge in [0.15, 0.2) is 0 Å². The van der Waals surface area contributed by atoms with Crippen molar-refractivity contribution in [1.82, 2.24) is 14.9 Å². The average molecular weight is 494 g/mol. The van der Waals surface area contributed by atoms with Gasteiger partial charge in [-0.3, -0.25) is 9.78 Å². The quantitative estimate of drug-likeness (QED) is 0.337. The first-order valence-electron chi connectivity index (χ1n) is 10.7. The van der Waals surface area contributed by atoms with E-state index in [1.54, 1.807) is 34.8 Å². The van der Waals surface area contributed by atoms with Crippen molar-refractivity contribution in [2.24, 2.45) is 0 Å². The Labute approximate surface area is 207 Å². The molecule has 0 unspecified atom stereocenters. The Balaban J connectivity index is 1.61. The molecule has 2 aromatic carbocycles. The molecule has 0 saturated carbocycles. The molecule has 6 nitrogen and oxygen atoms in total. The van der Waals surface area contributed by atoms with E-state index in [1.807, 2.05) is 49.4 Å². The lowest BCUT2D eigenvalue weighted by Gasteiger charge is -2.25. The first-order valence-corrected chi connectivity index (χ1v) is 12.0. The Bertz CT molecular complexity index is 1260. The normalized spacial score (nSPS) is 10.8. The van der Waals surface area contributed by atoms with Gasteiger partial charge in [0.2, 0.25) is 0 Å². The molecule has 4 aromatic rings. The molecule has 1 N–H and O–H groups in total. The molecule has 34 heavy (non-hydrogen) atoms. The van der Waals surface area contributed by atoms with Gasteiger partial charge >= 0.3 is 0 Å². The van der Waals surface area contributed by atoms with E-state index in [4.69, 9.17) is 16.3 Å². The third-order valence-electron chi connectivity index (χ3n) is 5.26. The highest BCUT2D eigenvalue weighted by molar-refractivity contribution is 7.09. The summed E-state index contributed by atoms with van der Waals surface area (Å²) in [6, 6.07) is 16.7. The molecule has 0 radical (unpaired) electrons. The summed E-state index contributed by atoms with van der Waals surface area (Å²) in [5.41, 5.74) is 3.89. The number of hydrogen-bond donors (Lipinski definition) is 1. The van der Waals surface area contributed by atoms with Crippen molar-refractivity contribution >= 4 is 28.8 Å². The van der Waals surface area contributed by atoms with Crippen LogP contribution in [0.15, 0.2) is 72.4 Å². The number of rotatable bonds is 9. The van der Waals surface area contributed by atoms with E-state index in [1.165, 1.54) is 11.3 Å². The first kappa shape index (κ1) is 23.9. The second kappa shape index (κ2) is 11.2. The molecule has 2 heterocycles. The number of nitrogens with zero attached hydrogens (tertiary/aromatic N) is 3. The summed E-state index contributed by atoms with van der Waals surface area (Å²) < 4.78 is 6.05. The number of aryl methyl sites for hydroxylation is 1. The highest BCUT2D eigenvalue weighted by Crippen LogP contribution is 2.27. The highest BCUT2D eigenvalue weighted by Gasteiger charge is 2.20. The molecule has 4 rings (SSSR count). The van der Waals surface area contributed by atoms with Crippen molar-refractivity contribution in [1.29, 1.82) is 0 Å². The smallest absolute Gasteiger partial charge is 0.254 e. The van der Waals surface area contributed by atoms with Crippen molar-refractivity contribution in [2.75, 3.05) is 0 Å². The molecule has 0 atom stereocenters. The lowest BCUT2D eigenvalue weighted by Crippen LogP contribution is -2.31. The molecular weight excluding hydrogens is 470 g/mol. The van der Waals surface area contributed by atoms with Gasteiger partial charge in [0.1, 0.15) is 17.4 Å². The van der Waals surface area contributed by atoms with Crippen LogP contribution in [0.4, 0.5) is 0 Å². The summed E-state index contributed by atoms with van der Waals surface area (Å²) in [7, 11) is 0. The zero-order valence-corrected chi connectivity index (χ0v) is 20.2. The number of hydrogen-bond acceptors (Lipinski definition) is 6. The number of aliphatic hydroxyl groups excluding tert-OH is 1. The molecule has 0 fully saturated rings. The molecule has 1 amide bonds. The lowest BCUT2D eigenvalue weighted by atomic mass is 10.1. The van der Waals surface area contributed by atoms with E-state index in [-0.39, 0.29) is 19.1 Å². The highest BCUT2D eigenvalue weighted by atomic mass is 35.5. The molecule has 0 bridgehead atoms. The average Bonchev–Trinajstić information content (AvgIpc) is 3.32. The zero-order chi connectivity index (χ0) is 23.9. The third-order valence-corrected chi connectivity index (χ3v) is 6.36. The van der Waals surface area contributed by atoms with Gasteiger partial charge in [-0.1, -0.05) is 35.9 Å². The van der Waals surface area contributed by atoms with Gasteiger partial charge in [-0.2, -0.15) is 0 Å². The van der Waals surface area contributed by atoms with Crippen molar-refractivity contribution < 1.29 is 14.6 Å². The predicted molar refractivity (Wildman–Crippen MR) is 133 cm³/mol. The van der Waals surface area contributed by atoms with E-state index >= 15 is 0 Å². The molecular formula is C26H24ClN3O3S. The number of halogens is 1. The number of aromatic nitrogens is 2. The molecule has 2 aromatic heterocycles. The van der Waals surface area contributed by atoms with E-state index in [0.29, 0.717) is 35.1 Å². The van der Waals surface area contributed by atoms with Gasteiger partial charge in [0.05, 0.1) is 18.8 Å². The van der Waals surface area contributed by atoms with Crippen molar-refractivity contribution in [3.63, 3.8) is 0 Å². The van der Waals surface area contributed by atoms with Crippen LogP contribution in [0.1, 0.15) is 37.7 Å². The molecule has 0 saturated heterocycles. The summed E-state index contributed by atoms with van der Waals surface area (Å²) >= 11 is 7.74. The second-order valence-electron chi connectivity index (χ2n) is 7.77. The molecule has 174 valence electrons. The van der Waals surface area contributed by atoms with E-state index in [9.17, 15) is 9.90 Å². The fourth-order valence-electron chi connectivity index (χ4n) is 3.54. The third kappa shape index (κ3) is 5.99. The molecule has 0 aliphatic carbocycles. The Hall–Kier alpha value is -3.26. The first-order chi connectivity index (χ1) is 16.5. The van der Waals surface area contributed by atoms with Crippen LogP contribution < -0.4 is 4.74 Å². The molecule has 8 heteroatoms. The SMILES string of the molecule is Cc1ccccc1C(=O)N(Cc1cccnc1)Cc1cc(Cl)ccc1OCc1nc(CO)cs1. The Kier molecular flexibility index (Phi) is 7.90. The topological polar surface area (TPSA) is 75.6 Å². The van der Waals surface area contributed by atoms with E-state index in [0.717, 1.165) is 21.7 Å². The predicted octanol–water partition coefficient (Wildman–Crippen LogP) is 5.41. The number of thiazole rings is 1. The number of amides is 1. The van der Waals surface area contributed by atoms with Crippen LogP contribution in [0, 0.1) is 6.92 Å². The summed E-state index contributed by atoms with van der Waals surface area (Å²) in [5, 5.41) is 12.4. The van der Waals surface area contributed by atoms with Crippen LogP contribution in [0.2, 0.25) is 5.02 Å². The maximum Gasteiger partial charge on any atom is 0.254 e. The maximum absolute atomic E-state index is 13.6. The molecule has 0 aliphatic heterocycles. The summed E-state index contributed by atoms with van der Waals surface area (Å²) in [6.45, 7) is 2.77. The van der Waals surface area contributed by atoms with Crippen molar-refractivity contribution in [3.8, 4) is 5.75 Å². The van der Waals surface area contributed by atoms with Gasteiger partial charge in [-0.05, 0) is 48.4 Å². The number of carbonyl (C=O) groups is 1. The largest absolute Gasteiger partial charge is 0.486 e. The van der Waals surface area contributed by atoms with Crippen LogP contribution in [-0.4, -0.2) is 25.9 Å². The van der Waals surface area contributed by atoms with E-state index < -0.39 is 0 Å². The molecule has 0 aliphatic rings. The fourth-order valence-corrected chi connectivity index (χ4v) is 4.43. The van der Waals surface area contributed by atoms with Crippen molar-refractivity contribution in [2.45, 2.75) is 33.2 Å². The monoisotopic (exact) mass is 493 g/mol. The van der Waals surface area contributed by atoms with Crippen LogP contribution in [0.3, 0.4) is 0 Å². The van der Waals surface area contributed by atoms with Gasteiger partial charge in [-0.25, -0.2) is 4.98 Å². The van der Waals surface area contributed by atoms with Crippen LogP contribution in [0.25, 0.3) is 0 Å². The van der Waals surface area contributed by atoms with Crippen LogP contribution >= 0.6 is 22.9 Å². The van der Waals surface area contributed by atoms with Crippen molar-refractivity contribution in [3.05, 3.63) is 110 Å². The minimum atomic E-state index is -0.104. The van der Waals surface area contributed by atoms with Crippen LogP contribution in [0.5, 0.6) is 5.75 Å². The minimum absolute atomic E-state index is 0.0830. The minimum Gasteiger partial charge on any atom is -0.486 e. The van der Waals surface area contributed by atoms with E-state index in [2.05, 4.69) is 9.97 Å².